The summed E-state index contributed by atoms with van der Waals surface area (Å²) in [6.07, 6.45) is 0. The van der Waals surface area contributed by atoms with Crippen molar-refractivity contribution in [1.82, 2.24) is 4.57 Å². The van der Waals surface area contributed by atoms with Crippen molar-refractivity contribution >= 4 is 103 Å². The summed E-state index contributed by atoms with van der Waals surface area (Å²) in [7, 11) is 0. The van der Waals surface area contributed by atoms with E-state index in [2.05, 4.69) is 289 Å². The monoisotopic (exact) mass is 970 g/mol. The van der Waals surface area contributed by atoms with Gasteiger partial charge in [-0.1, -0.05) is 212 Å². The average Bonchev–Trinajstić information content (AvgIpc) is 4.06. The minimum absolute atomic E-state index is 1.07. The first-order valence-electron chi connectivity index (χ1n) is 25.7. The van der Waals surface area contributed by atoms with Crippen molar-refractivity contribution in [2.75, 3.05) is 4.90 Å². The van der Waals surface area contributed by atoms with Crippen LogP contribution >= 0.6 is 11.3 Å². The SMILES string of the molecule is c1ccc(-c2cc(-c3cc4ccccc4c4ccccc34)ccc2N(c2ccc(-c3ccc4c(c3)sc3c5ccccc5ccc43)cc2)c2ccc(-c3ccccc3-n3c4ccccc4c4ccccc43)cc2)cc1. The Morgan fingerprint density at radius 2 is 0.827 bits per heavy atom. The molecule has 0 amide bonds. The molecule has 13 aromatic carbocycles. The van der Waals surface area contributed by atoms with E-state index in [1.54, 1.807) is 0 Å². The van der Waals surface area contributed by atoms with Gasteiger partial charge in [-0.2, -0.15) is 0 Å². The topological polar surface area (TPSA) is 8.17 Å². The fraction of sp³-hybridized carbons (Fsp3) is 0. The molecule has 0 saturated carbocycles. The maximum atomic E-state index is 2.44. The van der Waals surface area contributed by atoms with Crippen LogP contribution in [-0.4, -0.2) is 4.57 Å². The van der Waals surface area contributed by atoms with Crippen LogP contribution in [0, 0.1) is 0 Å². The second-order valence-electron chi connectivity index (χ2n) is 19.6. The number of benzene rings is 13. The molecule has 350 valence electrons. The Hall–Kier alpha value is -9.54. The van der Waals surface area contributed by atoms with Crippen LogP contribution in [0.2, 0.25) is 0 Å². The number of hydrogen-bond donors (Lipinski definition) is 0. The Balaban J connectivity index is 0.888. The molecule has 15 rings (SSSR count). The Morgan fingerprint density at radius 1 is 0.280 bits per heavy atom. The summed E-state index contributed by atoms with van der Waals surface area (Å²) in [4.78, 5) is 2.44. The van der Waals surface area contributed by atoms with Gasteiger partial charge in [0.25, 0.3) is 0 Å². The Labute approximate surface area is 438 Å². The van der Waals surface area contributed by atoms with E-state index in [4.69, 9.17) is 0 Å². The molecular formula is C72H46N2S. The van der Waals surface area contributed by atoms with Crippen molar-refractivity contribution in [3.8, 4) is 50.2 Å². The molecule has 3 heteroatoms. The zero-order valence-electron chi connectivity index (χ0n) is 40.9. The zero-order valence-corrected chi connectivity index (χ0v) is 41.7. The van der Waals surface area contributed by atoms with E-state index in [9.17, 15) is 0 Å². The third-order valence-corrected chi connectivity index (χ3v) is 16.6. The number of nitrogens with zero attached hydrogens (tertiary/aromatic N) is 2. The molecule has 2 nitrogen and oxygen atoms in total. The van der Waals surface area contributed by atoms with Crippen molar-refractivity contribution in [2.45, 2.75) is 0 Å². The van der Waals surface area contributed by atoms with Gasteiger partial charge in [0.05, 0.1) is 22.4 Å². The van der Waals surface area contributed by atoms with Crippen LogP contribution in [0.25, 0.3) is 124 Å². The molecule has 75 heavy (non-hydrogen) atoms. The second-order valence-corrected chi connectivity index (χ2v) is 20.6. The van der Waals surface area contributed by atoms with Gasteiger partial charge in [0.2, 0.25) is 0 Å². The molecule has 0 bridgehead atoms. The Kier molecular flexibility index (Phi) is 10.1. The third-order valence-electron chi connectivity index (χ3n) is 15.4. The fourth-order valence-electron chi connectivity index (χ4n) is 11.8. The number of anilines is 3. The predicted octanol–water partition coefficient (Wildman–Crippen LogP) is 20.7. The van der Waals surface area contributed by atoms with Gasteiger partial charge in [0.1, 0.15) is 0 Å². The van der Waals surface area contributed by atoms with E-state index in [1.807, 2.05) is 11.3 Å². The van der Waals surface area contributed by atoms with E-state index < -0.39 is 0 Å². The molecule has 0 unspecified atom stereocenters. The largest absolute Gasteiger partial charge is 0.310 e. The van der Waals surface area contributed by atoms with Gasteiger partial charge in [-0.3, -0.25) is 0 Å². The molecule has 0 aliphatic carbocycles. The van der Waals surface area contributed by atoms with E-state index in [0.717, 1.165) is 39.4 Å². The number of aromatic nitrogens is 1. The Morgan fingerprint density at radius 3 is 1.57 bits per heavy atom. The summed E-state index contributed by atoms with van der Waals surface area (Å²) < 4.78 is 5.08. The van der Waals surface area contributed by atoms with Gasteiger partial charge in [0, 0.05) is 53.4 Å². The highest BCUT2D eigenvalue weighted by atomic mass is 32.1. The van der Waals surface area contributed by atoms with Crippen LogP contribution in [-0.2, 0) is 0 Å². The lowest BCUT2D eigenvalue weighted by Crippen LogP contribution is -2.11. The van der Waals surface area contributed by atoms with E-state index in [1.165, 1.54) is 102 Å². The summed E-state index contributed by atoms with van der Waals surface area (Å²) in [5.74, 6) is 0. The van der Waals surface area contributed by atoms with Crippen LogP contribution in [0.15, 0.2) is 279 Å². The number of hydrogen-bond acceptors (Lipinski definition) is 2. The van der Waals surface area contributed by atoms with Gasteiger partial charge >= 0.3 is 0 Å². The molecule has 0 aliphatic rings. The smallest absolute Gasteiger partial charge is 0.0541 e. The maximum absolute atomic E-state index is 2.44. The number of thiophene rings is 1. The lowest BCUT2D eigenvalue weighted by Gasteiger charge is -2.29. The zero-order chi connectivity index (χ0) is 49.4. The Bertz CT molecular complexity index is 4640. The molecule has 15 aromatic rings. The van der Waals surface area contributed by atoms with Crippen molar-refractivity contribution in [2.24, 2.45) is 0 Å². The minimum Gasteiger partial charge on any atom is -0.310 e. The van der Waals surface area contributed by atoms with Crippen LogP contribution in [0.5, 0.6) is 0 Å². The average molecular weight is 971 g/mol. The quantitative estimate of drug-likeness (QED) is 0.138. The molecule has 0 N–H and O–H groups in total. The summed E-state index contributed by atoms with van der Waals surface area (Å²) >= 11 is 1.89. The number of para-hydroxylation sites is 3. The van der Waals surface area contributed by atoms with Crippen molar-refractivity contribution < 1.29 is 0 Å². The molecular weight excluding hydrogens is 925 g/mol. The van der Waals surface area contributed by atoms with Crippen LogP contribution in [0.4, 0.5) is 17.1 Å². The number of rotatable bonds is 8. The normalized spacial score (nSPS) is 11.7. The third kappa shape index (κ3) is 7.16. The molecule has 0 atom stereocenters. The fourth-order valence-corrected chi connectivity index (χ4v) is 13.1. The van der Waals surface area contributed by atoms with Gasteiger partial charge in [-0.15, -0.1) is 11.3 Å². The maximum Gasteiger partial charge on any atom is 0.0541 e. The van der Waals surface area contributed by atoms with Crippen LogP contribution in [0.3, 0.4) is 0 Å². The molecule has 2 heterocycles. The second kappa shape index (κ2) is 17.6. The highest BCUT2D eigenvalue weighted by Crippen LogP contribution is 2.47. The van der Waals surface area contributed by atoms with Gasteiger partial charge < -0.3 is 9.47 Å². The van der Waals surface area contributed by atoms with Crippen LogP contribution in [0.1, 0.15) is 0 Å². The molecule has 0 aliphatic heterocycles. The van der Waals surface area contributed by atoms with Gasteiger partial charge in [0.15, 0.2) is 0 Å². The lowest BCUT2D eigenvalue weighted by atomic mass is 9.91. The summed E-state index contributed by atoms with van der Waals surface area (Å²) in [5, 5.41) is 12.7. The van der Waals surface area contributed by atoms with Gasteiger partial charge in [-0.05, 0) is 132 Å². The van der Waals surface area contributed by atoms with E-state index >= 15 is 0 Å². The van der Waals surface area contributed by atoms with Crippen molar-refractivity contribution in [3.63, 3.8) is 0 Å². The van der Waals surface area contributed by atoms with Gasteiger partial charge in [-0.25, -0.2) is 0 Å². The molecule has 2 aromatic heterocycles. The number of fused-ring (bicyclic) bond motifs is 11. The molecule has 0 saturated heterocycles. The summed E-state index contributed by atoms with van der Waals surface area (Å²) in [6.45, 7) is 0. The van der Waals surface area contributed by atoms with E-state index in [0.29, 0.717) is 0 Å². The molecule has 0 fully saturated rings. The predicted molar refractivity (Wildman–Crippen MR) is 323 cm³/mol. The molecule has 0 spiro atoms. The first-order valence-corrected chi connectivity index (χ1v) is 26.5. The standard InChI is InChI=1S/C72H46N2S/c1-2-16-48(17-3-1)66-45-53(65-44-52-19-5-6-20-56(52)59-23-8-9-24-60(59)65)36-43-70(66)73(54-37-30-47(31-38-54)51-35-41-63-64-42-34-49-18-4-7-22-58(49)72(64)75-71(63)46-51)55-39-32-50(33-40-55)57-21-10-13-27-67(57)74-68-28-14-11-25-61(68)62-26-12-15-29-69(62)74/h1-46H. The molecule has 0 radical (unpaired) electrons. The highest BCUT2D eigenvalue weighted by molar-refractivity contribution is 7.26. The van der Waals surface area contributed by atoms with Crippen LogP contribution < -0.4 is 4.90 Å². The van der Waals surface area contributed by atoms with Crippen molar-refractivity contribution in [1.29, 1.82) is 0 Å². The summed E-state index contributed by atoms with van der Waals surface area (Å²) in [6, 6.07) is 103. The highest BCUT2D eigenvalue weighted by Gasteiger charge is 2.22. The first kappa shape index (κ1) is 43.1. The van der Waals surface area contributed by atoms with Crippen molar-refractivity contribution in [3.05, 3.63) is 279 Å². The summed E-state index contributed by atoms with van der Waals surface area (Å²) in [5.41, 5.74) is 16.2. The lowest BCUT2D eigenvalue weighted by molar-refractivity contribution is 1.18. The van der Waals surface area contributed by atoms with E-state index in [-0.39, 0.29) is 0 Å². The minimum atomic E-state index is 1.07. The first-order chi connectivity index (χ1) is 37.2.